The Morgan fingerprint density at radius 2 is 1.74 bits per heavy atom. The molecule has 0 aliphatic rings. The third-order valence-electron chi connectivity index (χ3n) is 5.28. The lowest BCUT2D eigenvalue weighted by Gasteiger charge is -2.13. The zero-order chi connectivity index (χ0) is 24.6. The van der Waals surface area contributed by atoms with Crippen molar-refractivity contribution >= 4 is 39.3 Å². The highest BCUT2D eigenvalue weighted by Gasteiger charge is 2.17. The maximum absolute atomic E-state index is 12.5. The van der Waals surface area contributed by atoms with Crippen molar-refractivity contribution in [3.05, 3.63) is 95.0 Å². The molecule has 4 rings (SSSR count). The van der Waals surface area contributed by atoms with Crippen LogP contribution in [0.4, 0.5) is 5.69 Å². The van der Waals surface area contributed by atoms with Gasteiger partial charge in [0.15, 0.2) is 0 Å². The molecule has 35 heavy (non-hydrogen) atoms. The number of amides is 1. The molecular weight excluding hydrogens is 522 g/mol. The van der Waals surface area contributed by atoms with E-state index in [1.165, 1.54) is 11.8 Å². The number of ether oxygens (including phenoxy) is 1. The molecule has 174 valence electrons. The summed E-state index contributed by atoms with van der Waals surface area (Å²) in [7, 11) is 1.62. The van der Waals surface area contributed by atoms with Crippen LogP contribution in [0.5, 0.6) is 5.75 Å². The third-order valence-corrected chi connectivity index (χ3v) is 6.95. The fraction of sp³-hybridized carbons (Fsp3) is 0.107. The van der Waals surface area contributed by atoms with E-state index in [9.17, 15) is 10.1 Å². The quantitative estimate of drug-likeness (QED) is 0.238. The van der Waals surface area contributed by atoms with Gasteiger partial charge in [0.25, 0.3) is 0 Å². The number of methoxy groups -OCH3 is 1. The Kier molecular flexibility index (Phi) is 8.19. The largest absolute Gasteiger partial charge is 0.497 e. The van der Waals surface area contributed by atoms with Gasteiger partial charge in [0.1, 0.15) is 16.8 Å². The molecule has 5 nitrogen and oxygen atoms in total. The van der Waals surface area contributed by atoms with Crippen LogP contribution in [0.2, 0.25) is 0 Å². The average molecular weight is 544 g/mol. The first-order valence-electron chi connectivity index (χ1n) is 10.9. The summed E-state index contributed by atoms with van der Waals surface area (Å²) in [5.74, 6) is 1.13. The van der Waals surface area contributed by atoms with E-state index >= 15 is 0 Å². The van der Waals surface area contributed by atoms with Crippen molar-refractivity contribution in [1.82, 2.24) is 4.98 Å². The van der Waals surface area contributed by atoms with Crippen molar-refractivity contribution in [1.29, 1.82) is 5.26 Å². The number of benzene rings is 3. The first-order chi connectivity index (χ1) is 17.1. The van der Waals surface area contributed by atoms with Crippen LogP contribution in [-0.2, 0) is 4.79 Å². The molecule has 1 aromatic heterocycles. The number of carbonyl (C=O) groups excluding carboxylic acids is 1. The molecule has 0 unspecified atom stereocenters. The van der Waals surface area contributed by atoms with Crippen molar-refractivity contribution < 1.29 is 9.53 Å². The minimum Gasteiger partial charge on any atom is -0.497 e. The molecule has 0 aliphatic carbocycles. The molecule has 7 heteroatoms. The highest BCUT2D eigenvalue weighted by atomic mass is 79.9. The van der Waals surface area contributed by atoms with Crippen LogP contribution in [-0.4, -0.2) is 23.8 Å². The molecule has 0 fully saturated rings. The van der Waals surface area contributed by atoms with E-state index in [2.05, 4.69) is 27.3 Å². The summed E-state index contributed by atoms with van der Waals surface area (Å²) in [6.07, 6.45) is 0.284. The maximum atomic E-state index is 12.5. The predicted octanol–water partition coefficient (Wildman–Crippen LogP) is 7.18. The van der Waals surface area contributed by atoms with Crippen LogP contribution >= 0.6 is 27.7 Å². The van der Waals surface area contributed by atoms with Crippen molar-refractivity contribution in [2.45, 2.75) is 11.4 Å². The summed E-state index contributed by atoms with van der Waals surface area (Å²) in [4.78, 5) is 17.3. The van der Waals surface area contributed by atoms with Crippen molar-refractivity contribution in [2.24, 2.45) is 0 Å². The molecule has 1 N–H and O–H groups in total. The molecule has 0 aliphatic heterocycles. The Balaban J connectivity index is 1.61. The molecule has 0 spiro atoms. The van der Waals surface area contributed by atoms with Gasteiger partial charge in [-0.25, -0.2) is 4.98 Å². The van der Waals surface area contributed by atoms with Crippen LogP contribution in [0.25, 0.3) is 22.4 Å². The van der Waals surface area contributed by atoms with Crippen LogP contribution in [0.3, 0.4) is 0 Å². The van der Waals surface area contributed by atoms with Crippen LogP contribution in [0, 0.1) is 11.3 Å². The van der Waals surface area contributed by atoms with Gasteiger partial charge < -0.3 is 10.1 Å². The lowest BCUT2D eigenvalue weighted by Crippen LogP contribution is -2.12. The number of pyridine rings is 1. The summed E-state index contributed by atoms with van der Waals surface area (Å²) in [6.45, 7) is 0. The van der Waals surface area contributed by atoms with E-state index in [0.717, 1.165) is 38.3 Å². The number of para-hydroxylation sites is 1. The van der Waals surface area contributed by atoms with Gasteiger partial charge in [-0.3, -0.25) is 4.79 Å². The zero-order valence-electron chi connectivity index (χ0n) is 19.0. The summed E-state index contributed by atoms with van der Waals surface area (Å²) >= 11 is 4.85. The van der Waals surface area contributed by atoms with Gasteiger partial charge in [-0.05, 0) is 51.8 Å². The molecule has 4 aromatic rings. The number of carbonyl (C=O) groups is 1. The average Bonchev–Trinajstić information content (AvgIpc) is 2.90. The van der Waals surface area contributed by atoms with Gasteiger partial charge in [0.05, 0.1) is 24.1 Å². The number of nitrogens with zero attached hydrogens (tertiary/aromatic N) is 2. The Bertz CT molecular complexity index is 1370. The van der Waals surface area contributed by atoms with Crippen LogP contribution in [0.15, 0.2) is 94.4 Å². The fourth-order valence-electron chi connectivity index (χ4n) is 3.50. The lowest BCUT2D eigenvalue weighted by atomic mass is 9.99. The number of aromatic nitrogens is 1. The Morgan fingerprint density at radius 1 is 1.03 bits per heavy atom. The van der Waals surface area contributed by atoms with Gasteiger partial charge in [-0.1, -0.05) is 54.6 Å². The smallest absolute Gasteiger partial charge is 0.225 e. The van der Waals surface area contributed by atoms with Crippen molar-refractivity contribution in [2.75, 3.05) is 18.2 Å². The van der Waals surface area contributed by atoms with E-state index in [1.54, 1.807) is 7.11 Å². The van der Waals surface area contributed by atoms with E-state index in [0.29, 0.717) is 16.3 Å². The van der Waals surface area contributed by atoms with E-state index in [-0.39, 0.29) is 12.3 Å². The van der Waals surface area contributed by atoms with E-state index < -0.39 is 0 Å². The Hall–Kier alpha value is -3.60. The molecule has 0 saturated heterocycles. The highest BCUT2D eigenvalue weighted by molar-refractivity contribution is 9.10. The number of thioether (sulfide) groups is 1. The number of halogens is 1. The number of nitrogens with one attached hydrogen (secondary N) is 1. The number of anilines is 1. The minimum atomic E-state index is -0.0995. The Labute approximate surface area is 217 Å². The van der Waals surface area contributed by atoms with Gasteiger partial charge in [0, 0.05) is 27.8 Å². The topological polar surface area (TPSA) is 75.0 Å². The molecule has 0 radical (unpaired) electrons. The molecule has 0 atom stereocenters. The van der Waals surface area contributed by atoms with Crippen LogP contribution < -0.4 is 10.1 Å². The highest BCUT2D eigenvalue weighted by Crippen LogP contribution is 2.35. The Morgan fingerprint density at radius 3 is 2.43 bits per heavy atom. The monoisotopic (exact) mass is 543 g/mol. The number of nitriles is 1. The third kappa shape index (κ3) is 6.10. The maximum Gasteiger partial charge on any atom is 0.225 e. The number of hydrogen-bond acceptors (Lipinski definition) is 5. The van der Waals surface area contributed by atoms with E-state index in [1.807, 2.05) is 84.9 Å². The molecule has 0 bridgehead atoms. The summed E-state index contributed by atoms with van der Waals surface area (Å²) in [6, 6.07) is 29.2. The second-order valence-corrected chi connectivity index (χ2v) is 9.51. The number of hydrogen-bond donors (Lipinski definition) is 1. The molecule has 1 amide bonds. The summed E-state index contributed by atoms with van der Waals surface area (Å²) < 4.78 is 6.11. The lowest BCUT2D eigenvalue weighted by molar-refractivity contribution is -0.115. The number of rotatable bonds is 8. The predicted molar refractivity (Wildman–Crippen MR) is 144 cm³/mol. The first kappa shape index (κ1) is 24.5. The van der Waals surface area contributed by atoms with Crippen molar-refractivity contribution in [3.8, 4) is 34.2 Å². The van der Waals surface area contributed by atoms with Gasteiger partial charge >= 0.3 is 0 Å². The van der Waals surface area contributed by atoms with E-state index in [4.69, 9.17) is 9.72 Å². The normalized spacial score (nSPS) is 10.4. The summed E-state index contributed by atoms with van der Waals surface area (Å²) in [5, 5.41) is 13.6. The zero-order valence-corrected chi connectivity index (χ0v) is 21.4. The van der Waals surface area contributed by atoms with Crippen molar-refractivity contribution in [3.63, 3.8) is 0 Å². The van der Waals surface area contributed by atoms with Gasteiger partial charge in [-0.15, -0.1) is 11.8 Å². The van der Waals surface area contributed by atoms with Crippen LogP contribution in [0.1, 0.15) is 12.0 Å². The SMILES string of the molecule is COc1ccc(-c2cc(-c3ccccc3)nc(SCCC(=O)Nc3ccccc3Br)c2C#N)cc1. The second-order valence-electron chi connectivity index (χ2n) is 7.57. The fourth-order valence-corrected chi connectivity index (χ4v) is 4.83. The minimum absolute atomic E-state index is 0.0995. The molecule has 3 aromatic carbocycles. The molecular formula is C28H22BrN3O2S. The van der Waals surface area contributed by atoms with Gasteiger partial charge in [-0.2, -0.15) is 5.26 Å². The molecule has 0 saturated carbocycles. The van der Waals surface area contributed by atoms with Gasteiger partial charge in [0.2, 0.25) is 5.91 Å². The molecule has 1 heterocycles. The first-order valence-corrected chi connectivity index (χ1v) is 12.7. The summed E-state index contributed by atoms with van der Waals surface area (Å²) in [5.41, 5.74) is 4.65. The second kappa shape index (κ2) is 11.7. The standard InChI is InChI=1S/C28H22BrN3O2S/c1-34-21-13-11-19(12-14-21)22-17-26(20-7-3-2-4-8-20)32-28(23(22)18-30)35-16-15-27(33)31-25-10-6-5-9-24(25)29/h2-14,17H,15-16H2,1H3,(H,31,33).